The highest BCUT2D eigenvalue weighted by Crippen LogP contribution is 2.17. The van der Waals surface area contributed by atoms with E-state index < -0.39 is 11.8 Å². The first-order valence-electron chi connectivity index (χ1n) is 9.33. The number of benzene rings is 2. The highest BCUT2D eigenvalue weighted by atomic mass is 16.5. The second-order valence-corrected chi connectivity index (χ2v) is 6.47. The monoisotopic (exact) mass is 402 g/mol. The molecule has 3 aromatic rings. The maximum absolute atomic E-state index is 12.8. The number of carbonyl (C=O) groups excluding carboxylic acids is 2. The van der Waals surface area contributed by atoms with Crippen LogP contribution in [-0.2, 0) is 4.79 Å². The largest absolute Gasteiger partial charge is 0.490 e. The molecule has 2 amide bonds. The van der Waals surface area contributed by atoms with Crippen LogP contribution in [0.25, 0.3) is 6.08 Å². The fraction of sp³-hybridized carbons (Fsp3) is 0.0833. The van der Waals surface area contributed by atoms with Crippen molar-refractivity contribution in [3.63, 3.8) is 0 Å². The van der Waals surface area contributed by atoms with Crippen molar-refractivity contribution < 1.29 is 18.7 Å². The van der Waals surface area contributed by atoms with E-state index in [9.17, 15) is 9.59 Å². The average Bonchev–Trinajstić information content (AvgIpc) is 3.26. The van der Waals surface area contributed by atoms with Gasteiger partial charge in [-0.05, 0) is 55.5 Å². The number of rotatable bonds is 8. The predicted molar refractivity (Wildman–Crippen MR) is 116 cm³/mol. The molecule has 0 bridgehead atoms. The van der Waals surface area contributed by atoms with Crippen molar-refractivity contribution >= 4 is 23.6 Å². The van der Waals surface area contributed by atoms with Gasteiger partial charge in [0.25, 0.3) is 11.8 Å². The summed E-state index contributed by atoms with van der Waals surface area (Å²) in [6.07, 6.45) is 4.62. The van der Waals surface area contributed by atoms with Crippen LogP contribution in [0.4, 0.5) is 5.69 Å². The molecular weight excluding hydrogens is 380 g/mol. The number of hydrogen-bond donors (Lipinski definition) is 2. The number of ether oxygens (including phenoxy) is 1. The normalized spacial score (nSPS) is 10.9. The molecule has 0 fully saturated rings. The van der Waals surface area contributed by atoms with Crippen molar-refractivity contribution in [2.24, 2.45) is 0 Å². The van der Waals surface area contributed by atoms with Crippen LogP contribution in [0.1, 0.15) is 21.7 Å². The molecule has 30 heavy (non-hydrogen) atoms. The summed E-state index contributed by atoms with van der Waals surface area (Å²) in [6.45, 7) is 5.93. The summed E-state index contributed by atoms with van der Waals surface area (Å²) in [5.74, 6) is 0.229. The van der Waals surface area contributed by atoms with E-state index in [-0.39, 0.29) is 5.70 Å². The minimum atomic E-state index is -0.480. The van der Waals surface area contributed by atoms with Crippen molar-refractivity contribution in [1.29, 1.82) is 0 Å². The van der Waals surface area contributed by atoms with Crippen molar-refractivity contribution in [1.82, 2.24) is 5.32 Å². The van der Waals surface area contributed by atoms with Crippen molar-refractivity contribution in [3.8, 4) is 5.75 Å². The van der Waals surface area contributed by atoms with Crippen LogP contribution >= 0.6 is 0 Å². The SMILES string of the molecule is C=CCOc1ccc(NC(=O)/C(=C/c2ccco2)NC(=O)c2ccc(C)cc2)cc1. The molecule has 2 aromatic carbocycles. The number of nitrogens with one attached hydrogen (secondary N) is 2. The first-order chi connectivity index (χ1) is 14.5. The highest BCUT2D eigenvalue weighted by Gasteiger charge is 2.16. The Morgan fingerprint density at radius 2 is 1.80 bits per heavy atom. The number of amides is 2. The quantitative estimate of drug-likeness (QED) is 0.427. The molecule has 6 heteroatoms. The van der Waals surface area contributed by atoms with Gasteiger partial charge in [-0.3, -0.25) is 9.59 Å². The van der Waals surface area contributed by atoms with E-state index >= 15 is 0 Å². The molecule has 0 saturated carbocycles. The van der Waals surface area contributed by atoms with Crippen molar-refractivity contribution in [3.05, 3.63) is 102 Å². The second-order valence-electron chi connectivity index (χ2n) is 6.47. The van der Waals surface area contributed by atoms with Crippen LogP contribution < -0.4 is 15.4 Å². The summed E-state index contributed by atoms with van der Waals surface area (Å²) in [5, 5.41) is 5.43. The minimum Gasteiger partial charge on any atom is -0.490 e. The van der Waals surface area contributed by atoms with Gasteiger partial charge in [-0.1, -0.05) is 30.4 Å². The number of aryl methyl sites for hydroxylation is 1. The molecule has 1 heterocycles. The Hall–Kier alpha value is -4.06. The van der Waals surface area contributed by atoms with Gasteiger partial charge in [0.15, 0.2) is 0 Å². The first-order valence-corrected chi connectivity index (χ1v) is 9.33. The Bertz CT molecular complexity index is 1030. The third kappa shape index (κ3) is 5.72. The third-order valence-corrected chi connectivity index (χ3v) is 4.12. The topological polar surface area (TPSA) is 80.6 Å². The van der Waals surface area contributed by atoms with Gasteiger partial charge in [0.1, 0.15) is 23.8 Å². The molecule has 0 spiro atoms. The summed E-state index contributed by atoms with van der Waals surface area (Å²) >= 11 is 0. The van der Waals surface area contributed by atoms with Crippen LogP contribution in [0.5, 0.6) is 5.75 Å². The van der Waals surface area contributed by atoms with E-state index in [1.807, 2.05) is 19.1 Å². The smallest absolute Gasteiger partial charge is 0.272 e. The van der Waals surface area contributed by atoms with Crippen LogP contribution in [0.15, 0.2) is 89.7 Å². The summed E-state index contributed by atoms with van der Waals surface area (Å²) in [5.41, 5.74) is 2.10. The highest BCUT2D eigenvalue weighted by molar-refractivity contribution is 6.10. The fourth-order valence-corrected chi connectivity index (χ4v) is 2.56. The Balaban J connectivity index is 1.76. The van der Waals surface area contributed by atoms with Crippen LogP contribution in [0.2, 0.25) is 0 Å². The predicted octanol–water partition coefficient (Wildman–Crippen LogP) is 4.56. The third-order valence-electron chi connectivity index (χ3n) is 4.12. The Morgan fingerprint density at radius 3 is 2.43 bits per heavy atom. The van der Waals surface area contributed by atoms with Gasteiger partial charge in [0.05, 0.1) is 6.26 Å². The maximum Gasteiger partial charge on any atom is 0.272 e. The van der Waals surface area contributed by atoms with E-state index in [1.165, 1.54) is 12.3 Å². The fourth-order valence-electron chi connectivity index (χ4n) is 2.56. The van der Waals surface area contributed by atoms with Crippen LogP contribution in [0, 0.1) is 6.92 Å². The molecule has 3 rings (SSSR count). The van der Waals surface area contributed by atoms with Crippen LogP contribution in [-0.4, -0.2) is 18.4 Å². The Labute approximate surface area is 174 Å². The second kappa shape index (κ2) is 9.93. The lowest BCUT2D eigenvalue weighted by molar-refractivity contribution is -0.113. The van der Waals surface area contributed by atoms with Gasteiger partial charge in [-0.2, -0.15) is 0 Å². The molecule has 6 nitrogen and oxygen atoms in total. The lowest BCUT2D eigenvalue weighted by Crippen LogP contribution is -2.30. The van der Waals surface area contributed by atoms with E-state index in [0.29, 0.717) is 29.4 Å². The van der Waals surface area contributed by atoms with Gasteiger partial charge in [-0.15, -0.1) is 0 Å². The lowest BCUT2D eigenvalue weighted by atomic mass is 10.1. The summed E-state index contributed by atoms with van der Waals surface area (Å²) < 4.78 is 10.7. The summed E-state index contributed by atoms with van der Waals surface area (Å²) in [4.78, 5) is 25.4. The van der Waals surface area contributed by atoms with E-state index in [0.717, 1.165) is 5.56 Å². The molecule has 1 aromatic heterocycles. The Kier molecular flexibility index (Phi) is 6.84. The number of hydrogen-bond acceptors (Lipinski definition) is 4. The van der Waals surface area contributed by atoms with Crippen molar-refractivity contribution in [2.45, 2.75) is 6.92 Å². The molecule has 0 aliphatic rings. The zero-order valence-corrected chi connectivity index (χ0v) is 16.6. The van der Waals surface area contributed by atoms with Gasteiger partial charge in [0, 0.05) is 17.3 Å². The number of furan rings is 1. The first kappa shape index (κ1) is 20.7. The van der Waals surface area contributed by atoms with E-state index in [2.05, 4.69) is 17.2 Å². The molecule has 0 unspecified atom stereocenters. The van der Waals surface area contributed by atoms with E-state index in [1.54, 1.807) is 54.6 Å². The molecular formula is C24H22N2O4. The molecule has 0 aliphatic carbocycles. The molecule has 2 N–H and O–H groups in total. The minimum absolute atomic E-state index is 0.0579. The van der Waals surface area contributed by atoms with Crippen molar-refractivity contribution in [2.75, 3.05) is 11.9 Å². The standard InChI is InChI=1S/C24H22N2O4/c1-3-14-29-20-12-10-19(11-13-20)25-24(28)22(16-21-5-4-15-30-21)26-23(27)18-8-6-17(2)7-9-18/h3-13,15-16H,1,14H2,2H3,(H,25,28)(H,26,27)/b22-16-. The van der Waals surface area contributed by atoms with Crippen LogP contribution in [0.3, 0.4) is 0 Å². The zero-order valence-electron chi connectivity index (χ0n) is 16.6. The average molecular weight is 402 g/mol. The van der Waals surface area contributed by atoms with Gasteiger partial charge < -0.3 is 19.8 Å². The van der Waals surface area contributed by atoms with Gasteiger partial charge in [0.2, 0.25) is 0 Å². The molecule has 152 valence electrons. The van der Waals surface area contributed by atoms with Gasteiger partial charge in [-0.25, -0.2) is 0 Å². The summed E-state index contributed by atoms with van der Waals surface area (Å²) in [7, 11) is 0. The summed E-state index contributed by atoms with van der Waals surface area (Å²) in [6, 6.07) is 17.4. The number of carbonyl (C=O) groups is 2. The zero-order chi connectivity index (χ0) is 21.3. The number of anilines is 1. The Morgan fingerprint density at radius 1 is 1.07 bits per heavy atom. The molecule has 0 radical (unpaired) electrons. The molecule has 0 atom stereocenters. The van der Waals surface area contributed by atoms with Gasteiger partial charge >= 0.3 is 0 Å². The van der Waals surface area contributed by atoms with E-state index in [4.69, 9.17) is 9.15 Å². The molecule has 0 aliphatic heterocycles. The molecule has 0 saturated heterocycles. The maximum atomic E-state index is 12.8. The lowest BCUT2D eigenvalue weighted by Gasteiger charge is -2.11.